The number of hydrogen-bond acceptors (Lipinski definition) is 3. The van der Waals surface area contributed by atoms with E-state index in [1.807, 2.05) is 4.90 Å². The summed E-state index contributed by atoms with van der Waals surface area (Å²) in [6.07, 6.45) is 0. The minimum absolute atomic E-state index is 0.710. The largest absolute Gasteiger partial charge is 0.369 e. The van der Waals surface area contributed by atoms with Crippen LogP contribution in [0.15, 0.2) is 18.2 Å². The Bertz CT molecular complexity index is 349. The van der Waals surface area contributed by atoms with Gasteiger partial charge in [0.25, 0.3) is 0 Å². The van der Waals surface area contributed by atoms with Crippen molar-refractivity contribution in [2.75, 3.05) is 31.1 Å². The number of halogens is 2. The van der Waals surface area contributed by atoms with E-state index in [2.05, 4.69) is 0 Å². The van der Waals surface area contributed by atoms with Gasteiger partial charge in [-0.3, -0.25) is 5.84 Å². The van der Waals surface area contributed by atoms with Crippen LogP contribution in [0, 0.1) is 11.6 Å². The Kier molecular flexibility index (Phi) is 2.83. The third kappa shape index (κ3) is 2.24. The maximum atomic E-state index is 13.0. The number of piperazine rings is 1. The summed E-state index contributed by atoms with van der Waals surface area (Å²) in [4.78, 5) is 1.99. The molecule has 1 aromatic carbocycles. The second-order valence-corrected chi connectivity index (χ2v) is 3.62. The number of anilines is 1. The molecule has 1 aliphatic rings. The Labute approximate surface area is 87.0 Å². The number of hydrazine groups is 1. The molecule has 15 heavy (non-hydrogen) atoms. The first kappa shape index (κ1) is 10.3. The van der Waals surface area contributed by atoms with Crippen LogP contribution >= 0.6 is 0 Å². The van der Waals surface area contributed by atoms with E-state index in [4.69, 9.17) is 5.84 Å². The molecule has 1 aromatic rings. The van der Waals surface area contributed by atoms with Crippen molar-refractivity contribution in [3.8, 4) is 0 Å². The maximum Gasteiger partial charge on any atom is 0.160 e. The fourth-order valence-corrected chi connectivity index (χ4v) is 1.66. The minimum Gasteiger partial charge on any atom is -0.369 e. The Balaban J connectivity index is 2.12. The summed E-state index contributed by atoms with van der Waals surface area (Å²) in [6.45, 7) is 2.95. The number of nitrogens with two attached hydrogens (primary N) is 1. The van der Waals surface area contributed by atoms with Crippen LogP contribution in [0.2, 0.25) is 0 Å². The van der Waals surface area contributed by atoms with Gasteiger partial charge in [0.1, 0.15) is 0 Å². The maximum absolute atomic E-state index is 13.0. The summed E-state index contributed by atoms with van der Waals surface area (Å²) in [5, 5.41) is 1.72. The molecule has 0 aromatic heterocycles. The molecule has 0 spiro atoms. The molecule has 3 nitrogen and oxygen atoms in total. The van der Waals surface area contributed by atoms with Gasteiger partial charge >= 0.3 is 0 Å². The van der Waals surface area contributed by atoms with Gasteiger partial charge in [0.05, 0.1) is 0 Å². The van der Waals surface area contributed by atoms with Crippen molar-refractivity contribution < 1.29 is 8.78 Å². The molecule has 1 saturated heterocycles. The van der Waals surface area contributed by atoms with Gasteiger partial charge in [-0.25, -0.2) is 13.8 Å². The first-order valence-corrected chi connectivity index (χ1v) is 4.86. The van der Waals surface area contributed by atoms with Crippen LogP contribution in [0.4, 0.5) is 14.5 Å². The third-order valence-corrected chi connectivity index (χ3v) is 2.58. The molecule has 1 aliphatic heterocycles. The lowest BCUT2D eigenvalue weighted by atomic mass is 10.2. The molecule has 5 heteroatoms. The molecule has 2 N–H and O–H groups in total. The lowest BCUT2D eigenvalue weighted by molar-refractivity contribution is 0.266. The van der Waals surface area contributed by atoms with E-state index in [1.54, 1.807) is 11.1 Å². The zero-order valence-corrected chi connectivity index (χ0v) is 8.29. The van der Waals surface area contributed by atoms with Crippen LogP contribution < -0.4 is 10.7 Å². The van der Waals surface area contributed by atoms with Crippen LogP contribution in [-0.2, 0) is 0 Å². The van der Waals surface area contributed by atoms with Gasteiger partial charge in [-0.05, 0) is 12.1 Å². The molecule has 82 valence electrons. The van der Waals surface area contributed by atoms with E-state index in [0.717, 1.165) is 32.2 Å². The van der Waals surface area contributed by atoms with E-state index in [-0.39, 0.29) is 0 Å². The van der Waals surface area contributed by atoms with E-state index in [9.17, 15) is 8.78 Å². The van der Waals surface area contributed by atoms with E-state index in [0.29, 0.717) is 5.69 Å². The zero-order chi connectivity index (χ0) is 10.8. The molecule has 0 amide bonds. The predicted octanol–water partition coefficient (Wildman–Crippen LogP) is 0.960. The highest BCUT2D eigenvalue weighted by molar-refractivity contribution is 5.47. The lowest BCUT2D eigenvalue weighted by Crippen LogP contribution is -2.49. The van der Waals surface area contributed by atoms with Crippen LogP contribution in [0.25, 0.3) is 0 Å². The molecule has 2 rings (SSSR count). The van der Waals surface area contributed by atoms with Crippen LogP contribution in [0.3, 0.4) is 0 Å². The highest BCUT2D eigenvalue weighted by Gasteiger charge is 2.15. The highest BCUT2D eigenvalue weighted by atomic mass is 19.2. The molecule has 0 aliphatic carbocycles. The van der Waals surface area contributed by atoms with Gasteiger partial charge in [0.15, 0.2) is 11.6 Å². The highest BCUT2D eigenvalue weighted by Crippen LogP contribution is 2.18. The van der Waals surface area contributed by atoms with Crippen molar-refractivity contribution in [1.82, 2.24) is 5.01 Å². The average molecular weight is 213 g/mol. The van der Waals surface area contributed by atoms with Crippen LogP contribution in [0.1, 0.15) is 0 Å². The fraction of sp³-hybridized carbons (Fsp3) is 0.400. The van der Waals surface area contributed by atoms with Gasteiger partial charge in [0.2, 0.25) is 0 Å². The summed E-state index contributed by atoms with van der Waals surface area (Å²) in [5.74, 6) is 3.99. The number of nitrogens with zero attached hydrogens (tertiary/aromatic N) is 2. The first-order chi connectivity index (χ1) is 7.16. The van der Waals surface area contributed by atoms with Crippen molar-refractivity contribution in [1.29, 1.82) is 0 Å². The van der Waals surface area contributed by atoms with Crippen LogP contribution in [0.5, 0.6) is 0 Å². The second kappa shape index (κ2) is 4.12. The second-order valence-electron chi connectivity index (χ2n) is 3.62. The molecule has 1 heterocycles. The van der Waals surface area contributed by atoms with Gasteiger partial charge < -0.3 is 4.90 Å². The summed E-state index contributed by atoms with van der Waals surface area (Å²) in [6, 6.07) is 3.96. The summed E-state index contributed by atoms with van der Waals surface area (Å²) >= 11 is 0. The first-order valence-electron chi connectivity index (χ1n) is 4.86. The van der Waals surface area contributed by atoms with Crippen LogP contribution in [-0.4, -0.2) is 31.2 Å². The Morgan fingerprint density at radius 1 is 1.00 bits per heavy atom. The number of benzene rings is 1. The minimum atomic E-state index is -0.809. The third-order valence-electron chi connectivity index (χ3n) is 2.58. The van der Waals surface area contributed by atoms with Crippen molar-refractivity contribution in [3.63, 3.8) is 0 Å². The molecule has 0 radical (unpaired) electrons. The van der Waals surface area contributed by atoms with E-state index >= 15 is 0 Å². The average Bonchev–Trinajstić information content (AvgIpc) is 2.23. The molecule has 0 unspecified atom stereocenters. The van der Waals surface area contributed by atoms with Gasteiger partial charge in [-0.1, -0.05) is 0 Å². The Morgan fingerprint density at radius 3 is 2.27 bits per heavy atom. The summed E-state index contributed by atoms with van der Waals surface area (Å²) in [7, 11) is 0. The van der Waals surface area contributed by atoms with E-state index in [1.165, 1.54) is 6.07 Å². The number of rotatable bonds is 1. The zero-order valence-electron chi connectivity index (χ0n) is 8.29. The van der Waals surface area contributed by atoms with Crippen molar-refractivity contribution in [2.45, 2.75) is 0 Å². The van der Waals surface area contributed by atoms with Gasteiger partial charge in [0, 0.05) is 37.9 Å². The quantitative estimate of drug-likeness (QED) is 0.705. The molecular weight excluding hydrogens is 200 g/mol. The predicted molar refractivity (Wildman–Crippen MR) is 54.3 cm³/mol. The Hall–Kier alpha value is -1.20. The fourth-order valence-electron chi connectivity index (χ4n) is 1.66. The number of hydrogen-bond donors (Lipinski definition) is 1. The molecule has 1 fully saturated rings. The topological polar surface area (TPSA) is 32.5 Å². The molecule has 0 saturated carbocycles. The SMILES string of the molecule is NN1CCN(c2ccc(F)c(F)c2)CC1. The summed E-state index contributed by atoms with van der Waals surface area (Å²) in [5.41, 5.74) is 0.710. The van der Waals surface area contributed by atoms with Crippen molar-refractivity contribution >= 4 is 5.69 Å². The Morgan fingerprint density at radius 2 is 1.67 bits per heavy atom. The van der Waals surface area contributed by atoms with E-state index < -0.39 is 11.6 Å². The normalized spacial score (nSPS) is 18.2. The molecule has 0 atom stereocenters. The van der Waals surface area contributed by atoms with Crippen molar-refractivity contribution in [3.05, 3.63) is 29.8 Å². The lowest BCUT2D eigenvalue weighted by Gasteiger charge is -2.33. The molecule has 0 bridgehead atoms. The van der Waals surface area contributed by atoms with Gasteiger partial charge in [-0.2, -0.15) is 0 Å². The smallest absolute Gasteiger partial charge is 0.160 e. The molecular formula is C10H13F2N3. The van der Waals surface area contributed by atoms with Gasteiger partial charge in [-0.15, -0.1) is 0 Å². The summed E-state index contributed by atoms with van der Waals surface area (Å²) < 4.78 is 25.7. The monoisotopic (exact) mass is 213 g/mol. The van der Waals surface area contributed by atoms with Crippen molar-refractivity contribution in [2.24, 2.45) is 5.84 Å². The standard InChI is InChI=1S/C10H13F2N3/c11-9-2-1-8(7-10(9)12)14-3-5-15(13)6-4-14/h1-2,7H,3-6,13H2.